The molecule has 0 unspecified atom stereocenters. The van der Waals surface area contributed by atoms with Crippen molar-refractivity contribution >= 4 is 38.9 Å². The Bertz CT molecular complexity index is 1270. The first-order valence-electron chi connectivity index (χ1n) is 11.0. The highest BCUT2D eigenvalue weighted by molar-refractivity contribution is 7.92. The fourth-order valence-corrected chi connectivity index (χ4v) is 5.05. The summed E-state index contributed by atoms with van der Waals surface area (Å²) in [5.41, 5.74) is 3.23. The van der Waals surface area contributed by atoms with Crippen LogP contribution in [0.4, 0.5) is 11.4 Å². The van der Waals surface area contributed by atoms with Crippen molar-refractivity contribution < 1.29 is 13.2 Å². The molecule has 1 fully saturated rings. The summed E-state index contributed by atoms with van der Waals surface area (Å²) in [6, 6.07) is 19.0. The number of hydrogen-bond acceptors (Lipinski definition) is 5. The summed E-state index contributed by atoms with van der Waals surface area (Å²) < 4.78 is 28.9. The lowest BCUT2D eigenvalue weighted by Crippen LogP contribution is -2.43. The van der Waals surface area contributed by atoms with E-state index in [0.717, 1.165) is 43.0 Å². The largest absolute Gasteiger partial charge is 0.367 e. The van der Waals surface area contributed by atoms with Crippen LogP contribution in [0.3, 0.4) is 0 Å². The number of halogens is 1. The van der Waals surface area contributed by atoms with Crippen molar-refractivity contribution in [1.29, 1.82) is 0 Å². The lowest BCUT2D eigenvalue weighted by Gasteiger charge is -2.31. The Hall–Kier alpha value is -3.07. The van der Waals surface area contributed by atoms with E-state index in [4.69, 9.17) is 11.6 Å². The first kappa shape index (κ1) is 24.1. The molecule has 4 rings (SSSR count). The summed E-state index contributed by atoms with van der Waals surface area (Å²) in [5.74, 6) is -0.317. The van der Waals surface area contributed by atoms with Gasteiger partial charge in [0.05, 0.1) is 16.3 Å². The van der Waals surface area contributed by atoms with E-state index in [9.17, 15) is 13.2 Å². The normalized spacial score (nSPS) is 14.0. The third-order valence-electron chi connectivity index (χ3n) is 5.69. The molecule has 1 saturated heterocycles. The number of nitrogens with one attached hydrogen (secondary N) is 3. The highest BCUT2D eigenvalue weighted by Gasteiger charge is 2.21. The Balaban J connectivity index is 1.62. The SMILES string of the molecule is Cc1ccc(S(=O)(=O)Nc2cc(C(=O)NCc3ccccc3Cl)ccc2N2CCNCC2)cc1. The van der Waals surface area contributed by atoms with Crippen LogP contribution in [-0.2, 0) is 16.6 Å². The first-order valence-corrected chi connectivity index (χ1v) is 12.9. The zero-order valence-electron chi connectivity index (χ0n) is 18.8. The first-order chi connectivity index (χ1) is 16.3. The number of anilines is 2. The van der Waals surface area contributed by atoms with Gasteiger partial charge in [0.25, 0.3) is 15.9 Å². The van der Waals surface area contributed by atoms with Crippen LogP contribution < -0.4 is 20.3 Å². The number of nitrogens with zero attached hydrogens (tertiary/aromatic N) is 1. The van der Waals surface area contributed by atoms with Gasteiger partial charge in [0, 0.05) is 43.3 Å². The van der Waals surface area contributed by atoms with Gasteiger partial charge in [-0.15, -0.1) is 0 Å². The summed E-state index contributed by atoms with van der Waals surface area (Å²) in [6.07, 6.45) is 0. The molecule has 9 heteroatoms. The quantitative estimate of drug-likeness (QED) is 0.461. The molecule has 1 aliphatic rings. The Labute approximate surface area is 205 Å². The van der Waals surface area contributed by atoms with Crippen molar-refractivity contribution in [2.75, 3.05) is 35.8 Å². The van der Waals surface area contributed by atoms with Crippen molar-refractivity contribution in [3.05, 3.63) is 88.4 Å². The van der Waals surface area contributed by atoms with Gasteiger partial charge in [-0.1, -0.05) is 47.5 Å². The van der Waals surface area contributed by atoms with Crippen LogP contribution in [0, 0.1) is 6.92 Å². The van der Waals surface area contributed by atoms with E-state index in [0.29, 0.717) is 16.3 Å². The third-order valence-corrected chi connectivity index (χ3v) is 7.44. The average molecular weight is 499 g/mol. The van der Waals surface area contributed by atoms with Crippen molar-refractivity contribution in [3.8, 4) is 0 Å². The van der Waals surface area contributed by atoms with Crippen molar-refractivity contribution in [1.82, 2.24) is 10.6 Å². The van der Waals surface area contributed by atoms with Crippen LogP contribution >= 0.6 is 11.6 Å². The molecule has 7 nitrogen and oxygen atoms in total. The van der Waals surface area contributed by atoms with Gasteiger partial charge in [-0.05, 0) is 48.9 Å². The molecular weight excluding hydrogens is 472 g/mol. The van der Waals surface area contributed by atoms with Crippen LogP contribution in [0.2, 0.25) is 5.02 Å². The molecule has 0 aliphatic carbocycles. The Morgan fingerprint density at radius 2 is 1.74 bits per heavy atom. The molecule has 0 bridgehead atoms. The Morgan fingerprint density at radius 3 is 2.44 bits per heavy atom. The maximum Gasteiger partial charge on any atom is 0.261 e. The molecule has 3 N–H and O–H groups in total. The van der Waals surface area contributed by atoms with E-state index in [1.807, 2.05) is 25.1 Å². The number of amides is 1. The molecule has 3 aromatic rings. The van der Waals surface area contributed by atoms with Crippen LogP contribution in [0.15, 0.2) is 71.6 Å². The summed E-state index contributed by atoms with van der Waals surface area (Å²) in [6.45, 7) is 5.22. The number of benzene rings is 3. The summed E-state index contributed by atoms with van der Waals surface area (Å²) in [7, 11) is -3.84. The van der Waals surface area contributed by atoms with E-state index in [2.05, 4.69) is 20.3 Å². The maximum atomic E-state index is 13.1. The number of aryl methyl sites for hydroxylation is 1. The number of hydrogen-bond donors (Lipinski definition) is 3. The number of rotatable bonds is 7. The maximum absolute atomic E-state index is 13.1. The zero-order chi connectivity index (χ0) is 24.1. The topological polar surface area (TPSA) is 90.5 Å². The molecule has 0 aromatic heterocycles. The summed E-state index contributed by atoms with van der Waals surface area (Å²) in [5, 5.41) is 6.73. The van der Waals surface area contributed by atoms with Gasteiger partial charge in [-0.25, -0.2) is 8.42 Å². The molecule has 0 spiro atoms. The van der Waals surface area contributed by atoms with Crippen LogP contribution in [0.25, 0.3) is 0 Å². The molecular formula is C25H27ClN4O3S. The highest BCUT2D eigenvalue weighted by atomic mass is 35.5. The predicted octanol–water partition coefficient (Wildman–Crippen LogP) is 3.79. The van der Waals surface area contributed by atoms with Crippen LogP contribution in [-0.4, -0.2) is 40.5 Å². The van der Waals surface area contributed by atoms with E-state index in [1.54, 1.807) is 48.5 Å². The second kappa shape index (κ2) is 10.5. The lowest BCUT2D eigenvalue weighted by molar-refractivity contribution is 0.0951. The average Bonchev–Trinajstić information content (AvgIpc) is 2.84. The summed E-state index contributed by atoms with van der Waals surface area (Å²) >= 11 is 6.19. The van der Waals surface area contributed by atoms with Gasteiger partial charge >= 0.3 is 0 Å². The van der Waals surface area contributed by atoms with Crippen LogP contribution in [0.1, 0.15) is 21.5 Å². The second-order valence-corrected chi connectivity index (χ2v) is 10.3. The van der Waals surface area contributed by atoms with E-state index >= 15 is 0 Å². The minimum atomic E-state index is -3.84. The van der Waals surface area contributed by atoms with Gasteiger partial charge in [0.2, 0.25) is 0 Å². The highest BCUT2D eigenvalue weighted by Crippen LogP contribution is 2.30. The Kier molecular flexibility index (Phi) is 7.41. The van der Waals surface area contributed by atoms with Gasteiger partial charge in [0.1, 0.15) is 0 Å². The molecule has 0 saturated carbocycles. The minimum Gasteiger partial charge on any atom is -0.367 e. The van der Waals surface area contributed by atoms with Gasteiger partial charge in [0.15, 0.2) is 0 Å². The number of carbonyl (C=O) groups excluding carboxylic acids is 1. The predicted molar refractivity (Wildman–Crippen MR) is 136 cm³/mol. The molecule has 3 aromatic carbocycles. The molecule has 0 radical (unpaired) electrons. The number of piperazine rings is 1. The van der Waals surface area contributed by atoms with Gasteiger partial charge < -0.3 is 15.5 Å². The van der Waals surface area contributed by atoms with Crippen molar-refractivity contribution in [3.63, 3.8) is 0 Å². The number of sulfonamides is 1. The van der Waals surface area contributed by atoms with Gasteiger partial charge in [-0.2, -0.15) is 0 Å². The Morgan fingerprint density at radius 1 is 1.03 bits per heavy atom. The van der Waals surface area contributed by atoms with Gasteiger partial charge in [-0.3, -0.25) is 9.52 Å². The second-order valence-electron chi connectivity index (χ2n) is 8.16. The zero-order valence-corrected chi connectivity index (χ0v) is 20.4. The van der Waals surface area contributed by atoms with E-state index in [1.165, 1.54) is 0 Å². The minimum absolute atomic E-state index is 0.165. The van der Waals surface area contributed by atoms with Crippen LogP contribution in [0.5, 0.6) is 0 Å². The fourth-order valence-electron chi connectivity index (χ4n) is 3.78. The molecule has 34 heavy (non-hydrogen) atoms. The molecule has 1 aliphatic heterocycles. The molecule has 1 amide bonds. The fraction of sp³-hybridized carbons (Fsp3) is 0.240. The number of carbonyl (C=O) groups is 1. The standard InChI is InChI=1S/C25H27ClN4O3S/c1-18-6-9-21(10-7-18)34(32,33)29-23-16-19(8-11-24(23)30-14-12-27-13-15-30)25(31)28-17-20-4-2-3-5-22(20)26/h2-11,16,27,29H,12-15,17H2,1H3,(H,28,31). The molecule has 0 atom stereocenters. The van der Waals surface area contributed by atoms with E-state index in [-0.39, 0.29) is 17.3 Å². The molecule has 178 valence electrons. The third kappa shape index (κ3) is 5.70. The molecule has 1 heterocycles. The van der Waals surface area contributed by atoms with Crippen molar-refractivity contribution in [2.45, 2.75) is 18.4 Å². The monoisotopic (exact) mass is 498 g/mol. The lowest BCUT2D eigenvalue weighted by atomic mass is 10.1. The summed E-state index contributed by atoms with van der Waals surface area (Å²) in [4.78, 5) is 15.2. The van der Waals surface area contributed by atoms with E-state index < -0.39 is 10.0 Å². The smallest absolute Gasteiger partial charge is 0.261 e. The van der Waals surface area contributed by atoms with Crippen molar-refractivity contribution in [2.24, 2.45) is 0 Å².